The average Bonchev–Trinajstić information content (AvgIpc) is 3.49. The van der Waals surface area contributed by atoms with Crippen LogP contribution in [0.2, 0.25) is 0 Å². The van der Waals surface area contributed by atoms with Crippen LogP contribution in [0.5, 0.6) is 0 Å². The number of rotatable bonds is 5. The minimum Gasteiger partial charge on any atom is -0.377 e. The van der Waals surface area contributed by atoms with Crippen molar-refractivity contribution >= 4 is 27.6 Å². The Bertz CT molecular complexity index is 1070. The normalized spacial score (nSPS) is 20.2. The van der Waals surface area contributed by atoms with E-state index in [-0.39, 0.29) is 17.6 Å². The van der Waals surface area contributed by atoms with Crippen molar-refractivity contribution < 1.29 is 4.74 Å². The first-order valence-corrected chi connectivity index (χ1v) is 11.1. The molecule has 29 heavy (non-hydrogen) atoms. The van der Waals surface area contributed by atoms with Crippen molar-refractivity contribution in [2.24, 2.45) is 0 Å². The molecule has 8 heteroatoms. The minimum absolute atomic E-state index is 0.0521. The second-order valence-electron chi connectivity index (χ2n) is 7.88. The van der Waals surface area contributed by atoms with Gasteiger partial charge in [0.1, 0.15) is 12.4 Å². The van der Waals surface area contributed by atoms with Crippen molar-refractivity contribution in [2.75, 3.05) is 18.6 Å². The molecule has 1 saturated heterocycles. The molecule has 1 unspecified atom stereocenters. The van der Waals surface area contributed by atoms with Crippen molar-refractivity contribution in [1.29, 1.82) is 0 Å². The van der Waals surface area contributed by atoms with Crippen LogP contribution >= 0.6 is 11.5 Å². The molecule has 7 nitrogen and oxygen atoms in total. The predicted molar refractivity (Wildman–Crippen MR) is 113 cm³/mol. The highest BCUT2D eigenvalue weighted by Crippen LogP contribution is 2.39. The summed E-state index contributed by atoms with van der Waals surface area (Å²) in [7, 11) is 1.65. The molecule has 0 radical (unpaired) electrons. The van der Waals surface area contributed by atoms with Gasteiger partial charge in [0, 0.05) is 31.2 Å². The molecule has 3 aromatic rings. The Kier molecular flexibility index (Phi) is 5.05. The van der Waals surface area contributed by atoms with E-state index in [1.807, 2.05) is 28.8 Å². The first-order valence-electron chi connectivity index (χ1n) is 10.4. The summed E-state index contributed by atoms with van der Waals surface area (Å²) in [5.41, 5.74) is 0.882. The fraction of sp³-hybridized carbons (Fsp3) is 0.524. The van der Waals surface area contributed by atoms with E-state index in [1.54, 1.807) is 7.11 Å². The molecule has 152 valence electrons. The molecule has 1 aromatic carbocycles. The van der Waals surface area contributed by atoms with E-state index in [4.69, 9.17) is 9.72 Å². The number of hydrogen-bond donors (Lipinski definition) is 0. The summed E-state index contributed by atoms with van der Waals surface area (Å²) in [6, 6.07) is 8.01. The number of nitrogens with zero attached hydrogens (tertiary/aromatic N) is 5. The summed E-state index contributed by atoms with van der Waals surface area (Å²) in [4.78, 5) is 25.5. The molecule has 2 fully saturated rings. The summed E-state index contributed by atoms with van der Waals surface area (Å²) < 4.78 is 11.6. The van der Waals surface area contributed by atoms with Crippen molar-refractivity contribution in [3.8, 4) is 0 Å². The molecule has 1 aliphatic heterocycles. The van der Waals surface area contributed by atoms with Crippen LogP contribution in [-0.2, 0) is 11.3 Å². The van der Waals surface area contributed by atoms with E-state index >= 15 is 0 Å². The van der Waals surface area contributed by atoms with Crippen LogP contribution in [0.25, 0.3) is 10.9 Å². The van der Waals surface area contributed by atoms with Gasteiger partial charge in [-0.3, -0.25) is 9.36 Å². The quantitative estimate of drug-likeness (QED) is 0.635. The summed E-state index contributed by atoms with van der Waals surface area (Å²) in [5.74, 6) is 1.60. The van der Waals surface area contributed by atoms with Crippen LogP contribution < -0.4 is 10.5 Å². The van der Waals surface area contributed by atoms with E-state index in [9.17, 15) is 4.79 Å². The lowest BCUT2D eigenvalue weighted by Crippen LogP contribution is -2.34. The van der Waals surface area contributed by atoms with Crippen molar-refractivity contribution in [1.82, 2.24) is 18.9 Å². The maximum atomic E-state index is 13.5. The Balaban J connectivity index is 1.62. The lowest BCUT2D eigenvalue weighted by molar-refractivity contribution is 0.179. The fourth-order valence-corrected chi connectivity index (χ4v) is 5.48. The van der Waals surface area contributed by atoms with Gasteiger partial charge in [-0.2, -0.15) is 4.37 Å². The van der Waals surface area contributed by atoms with Gasteiger partial charge in [-0.05, 0) is 37.8 Å². The average molecular weight is 412 g/mol. The highest BCUT2D eigenvalue weighted by atomic mass is 32.1. The monoisotopic (exact) mass is 411 g/mol. The molecule has 0 amide bonds. The van der Waals surface area contributed by atoms with Gasteiger partial charge in [-0.15, -0.1) is 0 Å². The number of hydrogen-bond acceptors (Lipinski definition) is 7. The third kappa shape index (κ3) is 3.34. The van der Waals surface area contributed by atoms with Gasteiger partial charge >= 0.3 is 0 Å². The second-order valence-corrected chi connectivity index (χ2v) is 8.61. The predicted octanol–water partition coefficient (Wildman–Crippen LogP) is 3.85. The third-order valence-corrected chi connectivity index (χ3v) is 6.84. The molecule has 1 atom stereocenters. The van der Waals surface area contributed by atoms with Gasteiger partial charge < -0.3 is 9.64 Å². The smallest absolute Gasteiger partial charge is 0.261 e. The topological polar surface area (TPSA) is 73.1 Å². The van der Waals surface area contributed by atoms with E-state index in [2.05, 4.69) is 14.3 Å². The van der Waals surface area contributed by atoms with Gasteiger partial charge in [0.2, 0.25) is 5.13 Å². The van der Waals surface area contributed by atoms with Crippen molar-refractivity contribution in [2.45, 2.75) is 57.2 Å². The molecule has 2 aromatic heterocycles. The zero-order valence-electron chi connectivity index (χ0n) is 16.6. The number of anilines is 1. The third-order valence-electron chi connectivity index (χ3n) is 6.05. The van der Waals surface area contributed by atoms with Crippen molar-refractivity contribution in [3.05, 3.63) is 46.3 Å². The minimum atomic E-state index is 0.0521. The molecule has 1 aliphatic carbocycles. The van der Waals surface area contributed by atoms with E-state index in [0.29, 0.717) is 17.8 Å². The standard InChI is InChI=1S/C21H25N5O2S/c1-28-13-18-23-21(29-24-18)25-12-6-11-17(25)19-22-16-10-5-4-9-15(16)20(27)26(19)14-7-2-3-8-14/h4-5,9-10,14,17H,2-3,6-8,11-13H2,1H3. The number of aromatic nitrogens is 4. The Morgan fingerprint density at radius 1 is 1.14 bits per heavy atom. The van der Waals surface area contributed by atoms with E-state index in [1.165, 1.54) is 24.4 Å². The molecule has 3 heterocycles. The molecule has 1 saturated carbocycles. The van der Waals surface area contributed by atoms with Gasteiger partial charge in [-0.1, -0.05) is 25.0 Å². The second kappa shape index (κ2) is 7.84. The molecular formula is C21H25N5O2S. The highest BCUT2D eigenvalue weighted by Gasteiger charge is 2.34. The van der Waals surface area contributed by atoms with Gasteiger partial charge in [0.15, 0.2) is 5.82 Å². The lowest BCUT2D eigenvalue weighted by Gasteiger charge is -2.28. The maximum Gasteiger partial charge on any atom is 0.261 e. The van der Waals surface area contributed by atoms with Crippen LogP contribution in [0.3, 0.4) is 0 Å². The van der Waals surface area contributed by atoms with Crippen LogP contribution in [0.1, 0.15) is 62.3 Å². The number of benzene rings is 1. The first-order chi connectivity index (χ1) is 14.3. The van der Waals surface area contributed by atoms with Gasteiger partial charge in [0.25, 0.3) is 5.56 Å². The summed E-state index contributed by atoms with van der Waals surface area (Å²) in [6.45, 7) is 1.32. The van der Waals surface area contributed by atoms with Gasteiger partial charge in [0.05, 0.1) is 16.9 Å². The molecule has 2 aliphatic rings. The molecular weight excluding hydrogens is 386 g/mol. The molecule has 0 bridgehead atoms. The maximum absolute atomic E-state index is 13.5. The number of fused-ring (bicyclic) bond motifs is 1. The zero-order chi connectivity index (χ0) is 19.8. The first kappa shape index (κ1) is 18.7. The van der Waals surface area contributed by atoms with Crippen LogP contribution in [-0.4, -0.2) is 32.6 Å². The van der Waals surface area contributed by atoms with Gasteiger partial charge in [-0.25, -0.2) is 9.97 Å². The SMILES string of the molecule is COCc1nsc(N2CCCC2c2nc3ccccc3c(=O)n2C2CCCC2)n1. The Morgan fingerprint density at radius 2 is 1.97 bits per heavy atom. The zero-order valence-corrected chi connectivity index (χ0v) is 17.4. The Labute approximate surface area is 173 Å². The van der Waals surface area contributed by atoms with Crippen LogP contribution in [0.15, 0.2) is 29.1 Å². The van der Waals surface area contributed by atoms with Crippen LogP contribution in [0, 0.1) is 0 Å². The molecule has 0 N–H and O–H groups in total. The fourth-order valence-electron chi connectivity index (χ4n) is 4.73. The summed E-state index contributed by atoms with van der Waals surface area (Å²) in [6.07, 6.45) is 6.48. The Hall–Kier alpha value is -2.32. The number of methoxy groups -OCH3 is 1. The van der Waals surface area contributed by atoms with Crippen molar-refractivity contribution in [3.63, 3.8) is 0 Å². The summed E-state index contributed by atoms with van der Waals surface area (Å²) >= 11 is 1.40. The highest BCUT2D eigenvalue weighted by molar-refractivity contribution is 7.09. The number of para-hydroxylation sites is 1. The largest absolute Gasteiger partial charge is 0.377 e. The molecule has 0 spiro atoms. The van der Waals surface area contributed by atoms with Crippen LogP contribution in [0.4, 0.5) is 5.13 Å². The van der Waals surface area contributed by atoms with E-state index in [0.717, 1.165) is 48.7 Å². The summed E-state index contributed by atoms with van der Waals surface area (Å²) in [5, 5.41) is 1.60. The number of ether oxygens (including phenoxy) is 1. The molecule has 5 rings (SSSR count). The van der Waals surface area contributed by atoms with E-state index < -0.39 is 0 Å². The Morgan fingerprint density at radius 3 is 2.79 bits per heavy atom. The lowest BCUT2D eigenvalue weighted by atomic mass is 10.1.